The number of thioether (sulfide) groups is 1. The standard InChI is InChI=1S/C12H15NO3S/c1-7-3-4-9(8(2)5-7)12(16)17-6-10(13)11(14)15/h3-5,10H,6,13H2,1-2H3,(H,14,15). The highest BCUT2D eigenvalue weighted by Gasteiger charge is 2.16. The van der Waals surface area contributed by atoms with Crippen molar-refractivity contribution < 1.29 is 14.7 Å². The summed E-state index contributed by atoms with van der Waals surface area (Å²) in [6.07, 6.45) is 0. The number of carboxylic acids is 1. The van der Waals surface area contributed by atoms with Gasteiger partial charge < -0.3 is 10.8 Å². The van der Waals surface area contributed by atoms with E-state index in [1.54, 1.807) is 6.07 Å². The number of hydrogen-bond acceptors (Lipinski definition) is 4. The van der Waals surface area contributed by atoms with Gasteiger partial charge in [-0.25, -0.2) is 0 Å². The average Bonchev–Trinajstić information content (AvgIpc) is 2.25. The SMILES string of the molecule is Cc1ccc(C(=O)SCC(N)C(=O)O)c(C)c1. The number of rotatable bonds is 4. The molecule has 3 N–H and O–H groups in total. The first-order valence-corrected chi connectivity index (χ1v) is 6.13. The Labute approximate surface area is 104 Å². The Balaban J connectivity index is 2.67. The predicted octanol–water partition coefficient (Wildman–Crippen LogP) is 1.59. The van der Waals surface area contributed by atoms with Crippen molar-refractivity contribution in [2.75, 3.05) is 5.75 Å². The molecule has 0 aliphatic carbocycles. The summed E-state index contributed by atoms with van der Waals surface area (Å²) < 4.78 is 0. The maximum Gasteiger partial charge on any atom is 0.321 e. The van der Waals surface area contributed by atoms with Crippen LogP contribution in [0.4, 0.5) is 0 Å². The zero-order valence-electron chi connectivity index (χ0n) is 9.77. The van der Waals surface area contributed by atoms with Gasteiger partial charge in [-0.05, 0) is 25.5 Å². The summed E-state index contributed by atoms with van der Waals surface area (Å²) in [5.41, 5.74) is 7.93. The largest absolute Gasteiger partial charge is 0.480 e. The fourth-order valence-electron chi connectivity index (χ4n) is 1.36. The number of carbonyl (C=O) groups is 2. The van der Waals surface area contributed by atoms with E-state index in [4.69, 9.17) is 10.8 Å². The fraction of sp³-hybridized carbons (Fsp3) is 0.333. The minimum atomic E-state index is -1.09. The van der Waals surface area contributed by atoms with Crippen molar-refractivity contribution in [3.05, 3.63) is 34.9 Å². The van der Waals surface area contributed by atoms with Crippen LogP contribution in [-0.2, 0) is 4.79 Å². The van der Waals surface area contributed by atoms with E-state index < -0.39 is 12.0 Å². The van der Waals surface area contributed by atoms with Crippen molar-refractivity contribution >= 4 is 22.8 Å². The van der Waals surface area contributed by atoms with Gasteiger partial charge >= 0.3 is 5.97 Å². The molecule has 0 heterocycles. The lowest BCUT2D eigenvalue weighted by atomic mass is 10.1. The number of aryl methyl sites for hydroxylation is 2. The Hall–Kier alpha value is -1.33. The summed E-state index contributed by atoms with van der Waals surface area (Å²) in [5.74, 6) is -1.01. The third kappa shape index (κ3) is 3.87. The lowest BCUT2D eigenvalue weighted by Gasteiger charge is -2.07. The molecule has 1 aromatic rings. The molecule has 0 amide bonds. The molecule has 92 valence electrons. The van der Waals surface area contributed by atoms with Crippen molar-refractivity contribution in [1.29, 1.82) is 0 Å². The van der Waals surface area contributed by atoms with Gasteiger partial charge in [0.15, 0.2) is 0 Å². The number of carboxylic acid groups (broad SMARTS) is 1. The first-order chi connectivity index (χ1) is 7.91. The Morgan fingerprint density at radius 3 is 2.59 bits per heavy atom. The molecule has 1 atom stereocenters. The van der Waals surface area contributed by atoms with Crippen LogP contribution in [0.1, 0.15) is 21.5 Å². The number of benzene rings is 1. The molecule has 17 heavy (non-hydrogen) atoms. The second kappa shape index (κ2) is 5.84. The van der Waals surface area contributed by atoms with Crippen LogP contribution in [0.3, 0.4) is 0 Å². The Bertz CT molecular complexity index is 445. The van der Waals surface area contributed by atoms with E-state index in [9.17, 15) is 9.59 Å². The molecule has 0 aliphatic rings. The molecule has 0 radical (unpaired) electrons. The van der Waals surface area contributed by atoms with E-state index in [0.29, 0.717) is 5.56 Å². The van der Waals surface area contributed by atoms with Gasteiger partial charge in [-0.2, -0.15) is 0 Å². The van der Waals surface area contributed by atoms with Crippen molar-refractivity contribution in [1.82, 2.24) is 0 Å². The first kappa shape index (κ1) is 13.7. The van der Waals surface area contributed by atoms with Gasteiger partial charge in [0.25, 0.3) is 0 Å². The van der Waals surface area contributed by atoms with Crippen LogP contribution >= 0.6 is 11.8 Å². The van der Waals surface area contributed by atoms with Crippen molar-refractivity contribution in [3.63, 3.8) is 0 Å². The minimum absolute atomic E-state index is 0.0848. The quantitative estimate of drug-likeness (QED) is 0.851. The van der Waals surface area contributed by atoms with Crippen LogP contribution in [0, 0.1) is 13.8 Å². The summed E-state index contributed by atoms with van der Waals surface area (Å²) in [7, 11) is 0. The molecule has 0 aliphatic heterocycles. The third-order valence-corrected chi connectivity index (χ3v) is 3.32. The molecule has 0 saturated heterocycles. The molecule has 0 bridgehead atoms. The second-order valence-corrected chi connectivity index (χ2v) is 4.85. The van der Waals surface area contributed by atoms with E-state index >= 15 is 0 Å². The second-order valence-electron chi connectivity index (χ2n) is 3.86. The van der Waals surface area contributed by atoms with Gasteiger partial charge in [0.05, 0.1) is 0 Å². The molecule has 1 rings (SSSR count). The molecule has 0 aromatic heterocycles. The van der Waals surface area contributed by atoms with Crippen LogP contribution in [0.15, 0.2) is 18.2 Å². The van der Waals surface area contributed by atoms with Gasteiger partial charge in [0, 0.05) is 11.3 Å². The Kier molecular flexibility index (Phi) is 4.72. The van der Waals surface area contributed by atoms with Gasteiger partial charge in [-0.3, -0.25) is 9.59 Å². The van der Waals surface area contributed by atoms with Gasteiger partial charge in [0.1, 0.15) is 6.04 Å². The van der Waals surface area contributed by atoms with Crippen LogP contribution < -0.4 is 5.73 Å². The van der Waals surface area contributed by atoms with Gasteiger partial charge in [-0.1, -0.05) is 29.5 Å². The Morgan fingerprint density at radius 1 is 1.41 bits per heavy atom. The summed E-state index contributed by atoms with van der Waals surface area (Å²) >= 11 is 0.941. The van der Waals surface area contributed by atoms with Crippen molar-refractivity contribution in [2.24, 2.45) is 5.73 Å². The highest BCUT2D eigenvalue weighted by molar-refractivity contribution is 8.14. The number of nitrogens with two attached hydrogens (primary N) is 1. The molecule has 0 fully saturated rings. The van der Waals surface area contributed by atoms with E-state index in [1.165, 1.54) is 0 Å². The molecule has 1 aromatic carbocycles. The molecule has 0 saturated carbocycles. The number of carbonyl (C=O) groups excluding carboxylic acids is 1. The van der Waals surface area contributed by atoms with E-state index in [2.05, 4.69) is 0 Å². The summed E-state index contributed by atoms with van der Waals surface area (Å²) in [5, 5.41) is 8.47. The maximum atomic E-state index is 11.8. The molecule has 0 spiro atoms. The number of aliphatic carboxylic acids is 1. The zero-order valence-corrected chi connectivity index (χ0v) is 10.6. The van der Waals surface area contributed by atoms with Crippen molar-refractivity contribution in [3.8, 4) is 0 Å². The van der Waals surface area contributed by atoms with Crippen LogP contribution in [0.25, 0.3) is 0 Å². The topological polar surface area (TPSA) is 80.4 Å². The monoisotopic (exact) mass is 253 g/mol. The lowest BCUT2D eigenvalue weighted by Crippen LogP contribution is -2.32. The lowest BCUT2D eigenvalue weighted by molar-refractivity contribution is -0.137. The molecule has 4 nitrogen and oxygen atoms in total. The summed E-state index contributed by atoms with van der Waals surface area (Å²) in [6.45, 7) is 3.81. The fourth-order valence-corrected chi connectivity index (χ4v) is 2.22. The van der Waals surface area contributed by atoms with E-state index in [-0.39, 0.29) is 10.9 Å². The molecular formula is C12H15NO3S. The van der Waals surface area contributed by atoms with E-state index in [1.807, 2.05) is 26.0 Å². The smallest absolute Gasteiger partial charge is 0.321 e. The average molecular weight is 253 g/mol. The molecular weight excluding hydrogens is 238 g/mol. The highest BCUT2D eigenvalue weighted by Crippen LogP contribution is 2.18. The Morgan fingerprint density at radius 2 is 2.06 bits per heavy atom. The summed E-state index contributed by atoms with van der Waals surface area (Å²) in [4.78, 5) is 22.3. The third-order valence-electron chi connectivity index (χ3n) is 2.31. The summed E-state index contributed by atoms with van der Waals surface area (Å²) in [6, 6.07) is 4.53. The van der Waals surface area contributed by atoms with Crippen LogP contribution in [-0.4, -0.2) is 28.0 Å². The molecule has 5 heteroatoms. The minimum Gasteiger partial charge on any atom is -0.480 e. The first-order valence-electron chi connectivity index (χ1n) is 5.14. The van der Waals surface area contributed by atoms with Crippen LogP contribution in [0.2, 0.25) is 0 Å². The normalized spacial score (nSPS) is 12.2. The van der Waals surface area contributed by atoms with Crippen molar-refractivity contribution in [2.45, 2.75) is 19.9 Å². The maximum absolute atomic E-state index is 11.8. The highest BCUT2D eigenvalue weighted by atomic mass is 32.2. The van der Waals surface area contributed by atoms with Crippen LogP contribution in [0.5, 0.6) is 0 Å². The zero-order chi connectivity index (χ0) is 13.0. The predicted molar refractivity (Wildman–Crippen MR) is 68.3 cm³/mol. The molecule has 1 unspecified atom stereocenters. The van der Waals surface area contributed by atoms with Gasteiger partial charge in [0.2, 0.25) is 5.12 Å². The number of hydrogen-bond donors (Lipinski definition) is 2. The van der Waals surface area contributed by atoms with E-state index in [0.717, 1.165) is 22.9 Å². The van der Waals surface area contributed by atoms with Gasteiger partial charge in [-0.15, -0.1) is 0 Å².